The molecular formula is C15H21N3O. The van der Waals surface area contributed by atoms with E-state index in [1.165, 1.54) is 5.56 Å². The van der Waals surface area contributed by atoms with Crippen molar-refractivity contribution in [3.63, 3.8) is 0 Å². The fourth-order valence-corrected chi connectivity index (χ4v) is 1.91. The van der Waals surface area contributed by atoms with Crippen LogP contribution in [0.3, 0.4) is 0 Å². The lowest BCUT2D eigenvalue weighted by molar-refractivity contribution is -0.131. The molecule has 4 nitrogen and oxygen atoms in total. The second kappa shape index (κ2) is 7.55. The number of nitrogens with two attached hydrogens (primary N) is 1. The summed E-state index contributed by atoms with van der Waals surface area (Å²) in [5.74, 6) is -0.270. The normalized spacial score (nSPS) is 13.4. The van der Waals surface area contributed by atoms with Crippen LogP contribution in [0.25, 0.3) is 0 Å². The Balaban J connectivity index is 2.42. The predicted octanol–water partition coefficient (Wildman–Crippen LogP) is 1.56. The maximum absolute atomic E-state index is 12.0. The van der Waals surface area contributed by atoms with Gasteiger partial charge in [0.25, 0.3) is 0 Å². The van der Waals surface area contributed by atoms with Gasteiger partial charge in [-0.2, -0.15) is 5.26 Å². The Morgan fingerprint density at radius 2 is 2.05 bits per heavy atom. The highest BCUT2D eigenvalue weighted by molar-refractivity contribution is 5.81. The number of nitriles is 1. The van der Waals surface area contributed by atoms with Crippen molar-refractivity contribution in [2.75, 3.05) is 13.6 Å². The molecule has 102 valence electrons. The van der Waals surface area contributed by atoms with Gasteiger partial charge in [-0.1, -0.05) is 30.3 Å². The van der Waals surface area contributed by atoms with Gasteiger partial charge < -0.3 is 10.6 Å². The molecule has 0 bridgehead atoms. The van der Waals surface area contributed by atoms with Gasteiger partial charge in [-0.15, -0.1) is 0 Å². The summed E-state index contributed by atoms with van der Waals surface area (Å²) in [6.07, 6.45) is 1.41. The number of likely N-dealkylation sites (N-methyl/N-ethyl adjacent to an activating group) is 1. The van der Waals surface area contributed by atoms with Gasteiger partial charge in [0.2, 0.25) is 5.91 Å². The van der Waals surface area contributed by atoms with Crippen molar-refractivity contribution >= 4 is 5.91 Å². The summed E-state index contributed by atoms with van der Waals surface area (Å²) in [5.41, 5.74) is 7.09. The molecule has 0 heterocycles. The van der Waals surface area contributed by atoms with Gasteiger partial charge in [0.1, 0.15) is 0 Å². The summed E-state index contributed by atoms with van der Waals surface area (Å²) < 4.78 is 0. The number of aryl methyl sites for hydroxylation is 1. The molecule has 1 aromatic rings. The van der Waals surface area contributed by atoms with Crippen molar-refractivity contribution in [3.05, 3.63) is 35.9 Å². The van der Waals surface area contributed by atoms with Crippen LogP contribution in [-0.2, 0) is 11.2 Å². The van der Waals surface area contributed by atoms with Crippen LogP contribution in [0.15, 0.2) is 30.3 Å². The van der Waals surface area contributed by atoms with E-state index >= 15 is 0 Å². The summed E-state index contributed by atoms with van der Waals surface area (Å²) in [6.45, 7) is 2.22. The van der Waals surface area contributed by atoms with Gasteiger partial charge in [-0.05, 0) is 25.3 Å². The number of hydrogen-bond donors (Lipinski definition) is 1. The zero-order valence-corrected chi connectivity index (χ0v) is 11.5. The number of rotatable bonds is 6. The zero-order valence-electron chi connectivity index (χ0n) is 11.5. The molecule has 2 atom stereocenters. The SMILES string of the molecule is CC(C#N)CN(C)C(=O)C(N)CCc1ccccc1. The van der Waals surface area contributed by atoms with Gasteiger partial charge >= 0.3 is 0 Å². The summed E-state index contributed by atoms with van der Waals surface area (Å²) in [6, 6.07) is 11.6. The first-order valence-electron chi connectivity index (χ1n) is 6.48. The molecule has 0 aliphatic carbocycles. The first-order chi connectivity index (χ1) is 9.04. The van der Waals surface area contributed by atoms with E-state index in [1.54, 1.807) is 18.9 Å². The molecule has 0 aliphatic heterocycles. The number of carbonyl (C=O) groups is 1. The fourth-order valence-electron chi connectivity index (χ4n) is 1.91. The van der Waals surface area contributed by atoms with Gasteiger partial charge in [0, 0.05) is 13.6 Å². The molecular weight excluding hydrogens is 238 g/mol. The smallest absolute Gasteiger partial charge is 0.239 e. The van der Waals surface area contributed by atoms with E-state index in [-0.39, 0.29) is 11.8 Å². The third-order valence-electron chi connectivity index (χ3n) is 3.05. The Hall–Kier alpha value is -1.86. The van der Waals surface area contributed by atoms with Crippen LogP contribution in [0.4, 0.5) is 0 Å². The lowest BCUT2D eigenvalue weighted by Gasteiger charge is -2.22. The molecule has 1 rings (SSSR count). The molecule has 0 spiro atoms. The van der Waals surface area contributed by atoms with Crippen LogP contribution >= 0.6 is 0 Å². The van der Waals surface area contributed by atoms with Crippen LogP contribution in [0.1, 0.15) is 18.9 Å². The van der Waals surface area contributed by atoms with Crippen LogP contribution in [0.2, 0.25) is 0 Å². The van der Waals surface area contributed by atoms with Crippen molar-refractivity contribution < 1.29 is 4.79 Å². The highest BCUT2D eigenvalue weighted by Gasteiger charge is 2.19. The Kier molecular flexibility index (Phi) is 6.04. The van der Waals surface area contributed by atoms with Crippen LogP contribution in [0, 0.1) is 17.2 Å². The van der Waals surface area contributed by atoms with Crippen molar-refractivity contribution in [2.45, 2.75) is 25.8 Å². The molecule has 1 amide bonds. The summed E-state index contributed by atoms with van der Waals surface area (Å²) in [4.78, 5) is 13.6. The summed E-state index contributed by atoms with van der Waals surface area (Å²) in [7, 11) is 1.69. The summed E-state index contributed by atoms with van der Waals surface area (Å²) in [5, 5.41) is 8.74. The van der Waals surface area contributed by atoms with Crippen molar-refractivity contribution in [1.29, 1.82) is 5.26 Å². The van der Waals surface area contributed by atoms with E-state index < -0.39 is 6.04 Å². The highest BCUT2D eigenvalue weighted by Crippen LogP contribution is 2.06. The molecule has 0 saturated carbocycles. The maximum Gasteiger partial charge on any atom is 0.239 e. The Morgan fingerprint density at radius 1 is 1.42 bits per heavy atom. The minimum atomic E-state index is -0.504. The minimum Gasteiger partial charge on any atom is -0.343 e. The van der Waals surface area contributed by atoms with E-state index in [9.17, 15) is 4.79 Å². The molecule has 1 aromatic carbocycles. The third kappa shape index (κ3) is 5.11. The lowest BCUT2D eigenvalue weighted by Crippen LogP contribution is -2.43. The molecule has 0 fully saturated rings. The summed E-state index contributed by atoms with van der Waals surface area (Å²) >= 11 is 0. The highest BCUT2D eigenvalue weighted by atomic mass is 16.2. The number of nitrogens with zero attached hydrogens (tertiary/aromatic N) is 2. The van der Waals surface area contributed by atoms with Crippen molar-refractivity contribution in [2.24, 2.45) is 11.7 Å². The average Bonchev–Trinajstić information content (AvgIpc) is 2.44. The van der Waals surface area contributed by atoms with E-state index in [0.29, 0.717) is 13.0 Å². The Labute approximate surface area is 114 Å². The van der Waals surface area contributed by atoms with Crippen LogP contribution in [-0.4, -0.2) is 30.4 Å². The molecule has 0 saturated heterocycles. The van der Waals surface area contributed by atoms with Crippen molar-refractivity contribution in [1.82, 2.24) is 4.90 Å². The molecule has 4 heteroatoms. The average molecular weight is 259 g/mol. The van der Waals surface area contributed by atoms with E-state index in [0.717, 1.165) is 6.42 Å². The molecule has 0 aromatic heterocycles. The number of benzene rings is 1. The monoisotopic (exact) mass is 259 g/mol. The number of carbonyl (C=O) groups excluding carboxylic acids is 1. The second-order valence-corrected chi connectivity index (χ2v) is 4.88. The molecule has 19 heavy (non-hydrogen) atoms. The van der Waals surface area contributed by atoms with Crippen molar-refractivity contribution in [3.8, 4) is 6.07 Å². The number of amides is 1. The van der Waals surface area contributed by atoms with E-state index in [4.69, 9.17) is 11.0 Å². The molecule has 0 aliphatic rings. The first-order valence-corrected chi connectivity index (χ1v) is 6.48. The Bertz CT molecular complexity index is 438. The topological polar surface area (TPSA) is 70.1 Å². The van der Waals surface area contributed by atoms with Gasteiger partial charge in [0.15, 0.2) is 0 Å². The van der Waals surface area contributed by atoms with E-state index in [1.807, 2.05) is 30.3 Å². The quantitative estimate of drug-likeness (QED) is 0.843. The standard InChI is InChI=1S/C15H21N3O/c1-12(10-16)11-18(2)15(19)14(17)9-8-13-6-4-3-5-7-13/h3-7,12,14H,8-9,11,17H2,1-2H3. The zero-order chi connectivity index (χ0) is 14.3. The van der Waals surface area contributed by atoms with E-state index in [2.05, 4.69) is 6.07 Å². The molecule has 0 radical (unpaired) electrons. The fraction of sp³-hybridized carbons (Fsp3) is 0.467. The predicted molar refractivity (Wildman–Crippen MR) is 75.2 cm³/mol. The second-order valence-electron chi connectivity index (χ2n) is 4.88. The largest absolute Gasteiger partial charge is 0.343 e. The lowest BCUT2D eigenvalue weighted by atomic mass is 10.0. The van der Waals surface area contributed by atoms with Gasteiger partial charge in [-0.25, -0.2) is 0 Å². The molecule has 2 N–H and O–H groups in total. The Morgan fingerprint density at radius 3 is 2.63 bits per heavy atom. The first kappa shape index (κ1) is 15.2. The van der Waals surface area contributed by atoms with Gasteiger partial charge in [0.05, 0.1) is 18.0 Å². The third-order valence-corrected chi connectivity index (χ3v) is 3.05. The van der Waals surface area contributed by atoms with Gasteiger partial charge in [-0.3, -0.25) is 4.79 Å². The number of hydrogen-bond acceptors (Lipinski definition) is 3. The maximum atomic E-state index is 12.0. The van der Waals surface area contributed by atoms with Crippen LogP contribution < -0.4 is 5.73 Å². The molecule has 2 unspecified atom stereocenters. The van der Waals surface area contributed by atoms with Crippen LogP contribution in [0.5, 0.6) is 0 Å². The minimum absolute atomic E-state index is 0.0990.